The van der Waals surface area contributed by atoms with Crippen molar-refractivity contribution in [2.24, 2.45) is 5.73 Å². The fraction of sp³-hybridized carbons (Fsp3) is 0.143. The van der Waals surface area contributed by atoms with Crippen LogP contribution in [0.1, 0.15) is 21.7 Å². The first-order valence-electron chi connectivity index (χ1n) is 5.83. The van der Waals surface area contributed by atoms with Gasteiger partial charge in [0.05, 0.1) is 17.8 Å². The van der Waals surface area contributed by atoms with E-state index in [4.69, 9.17) is 22.4 Å². The second-order valence-electron chi connectivity index (χ2n) is 4.10. The van der Waals surface area contributed by atoms with Gasteiger partial charge in [-0.1, -0.05) is 24.4 Å². The Balaban J connectivity index is 1.93. The number of furan rings is 1. The molecule has 0 atom stereocenters. The Labute approximate surface area is 116 Å². The number of amides is 1. The van der Waals surface area contributed by atoms with Crippen molar-refractivity contribution in [1.82, 2.24) is 5.32 Å². The van der Waals surface area contributed by atoms with E-state index in [1.165, 1.54) is 0 Å². The molecule has 2 rings (SSSR count). The number of benzene rings is 1. The third kappa shape index (κ3) is 3.93. The summed E-state index contributed by atoms with van der Waals surface area (Å²) in [4.78, 5) is 12.3. The van der Waals surface area contributed by atoms with Crippen molar-refractivity contribution in [1.29, 1.82) is 0 Å². The van der Waals surface area contributed by atoms with E-state index in [0.29, 0.717) is 23.5 Å². The predicted molar refractivity (Wildman–Crippen MR) is 76.8 cm³/mol. The van der Waals surface area contributed by atoms with E-state index in [0.717, 1.165) is 11.3 Å². The molecule has 0 aliphatic heterocycles. The molecule has 1 aromatic carbocycles. The molecule has 0 bridgehead atoms. The molecule has 0 aliphatic carbocycles. The molecule has 1 aromatic heterocycles. The zero-order chi connectivity index (χ0) is 13.7. The largest absolute Gasteiger partial charge is 0.467 e. The van der Waals surface area contributed by atoms with Crippen LogP contribution in [0, 0.1) is 0 Å². The van der Waals surface area contributed by atoms with Gasteiger partial charge in [-0.25, -0.2) is 0 Å². The summed E-state index contributed by atoms with van der Waals surface area (Å²) in [6.45, 7) is 0.375. The highest BCUT2D eigenvalue weighted by Crippen LogP contribution is 2.06. The van der Waals surface area contributed by atoms with Crippen molar-refractivity contribution in [3.8, 4) is 0 Å². The van der Waals surface area contributed by atoms with Gasteiger partial charge >= 0.3 is 0 Å². The van der Waals surface area contributed by atoms with Crippen molar-refractivity contribution < 1.29 is 9.21 Å². The van der Waals surface area contributed by atoms with Gasteiger partial charge in [-0.3, -0.25) is 4.79 Å². The monoisotopic (exact) mass is 274 g/mol. The Hall–Kier alpha value is -2.14. The van der Waals surface area contributed by atoms with E-state index in [2.05, 4.69) is 5.32 Å². The summed E-state index contributed by atoms with van der Waals surface area (Å²) in [7, 11) is 0. The maximum absolute atomic E-state index is 11.9. The number of nitrogens with one attached hydrogen (secondary N) is 1. The molecule has 0 saturated carbocycles. The van der Waals surface area contributed by atoms with Crippen LogP contribution in [0.15, 0.2) is 47.1 Å². The molecule has 0 unspecified atom stereocenters. The van der Waals surface area contributed by atoms with Crippen LogP contribution < -0.4 is 11.1 Å². The van der Waals surface area contributed by atoms with Gasteiger partial charge in [-0.05, 0) is 29.8 Å². The van der Waals surface area contributed by atoms with Crippen LogP contribution in [-0.2, 0) is 13.0 Å². The molecule has 3 N–H and O–H groups in total. The summed E-state index contributed by atoms with van der Waals surface area (Å²) in [6, 6.07) is 10.8. The van der Waals surface area contributed by atoms with E-state index < -0.39 is 0 Å². The Morgan fingerprint density at radius 3 is 2.58 bits per heavy atom. The first kappa shape index (κ1) is 13.3. The molecule has 2 aromatic rings. The molecule has 19 heavy (non-hydrogen) atoms. The van der Waals surface area contributed by atoms with Crippen molar-refractivity contribution in [3.63, 3.8) is 0 Å². The third-order valence-electron chi connectivity index (χ3n) is 2.60. The van der Waals surface area contributed by atoms with Crippen LogP contribution in [0.4, 0.5) is 0 Å². The van der Waals surface area contributed by atoms with Gasteiger partial charge in [0, 0.05) is 12.0 Å². The lowest BCUT2D eigenvalue weighted by Gasteiger charge is -2.04. The number of hydrogen-bond acceptors (Lipinski definition) is 3. The van der Waals surface area contributed by atoms with Crippen molar-refractivity contribution >= 4 is 23.1 Å². The number of rotatable bonds is 5. The van der Waals surface area contributed by atoms with E-state index in [-0.39, 0.29) is 5.91 Å². The lowest BCUT2D eigenvalue weighted by Crippen LogP contribution is -2.22. The minimum atomic E-state index is -0.140. The van der Waals surface area contributed by atoms with Crippen LogP contribution in [0.2, 0.25) is 0 Å². The molecule has 0 saturated heterocycles. The highest BCUT2D eigenvalue weighted by atomic mass is 32.1. The van der Waals surface area contributed by atoms with E-state index in [1.54, 1.807) is 24.5 Å². The molecule has 0 radical (unpaired) electrons. The predicted octanol–water partition coefficient (Wildman–Crippen LogP) is 2.04. The average Bonchev–Trinajstić information content (AvgIpc) is 2.89. The Morgan fingerprint density at radius 2 is 2.00 bits per heavy atom. The zero-order valence-electron chi connectivity index (χ0n) is 10.3. The second-order valence-corrected chi connectivity index (χ2v) is 4.63. The molecular weight excluding hydrogens is 260 g/mol. The molecule has 0 aliphatic rings. The molecule has 4 nitrogen and oxygen atoms in total. The van der Waals surface area contributed by atoms with Crippen molar-refractivity contribution in [3.05, 3.63) is 59.5 Å². The number of carbonyl (C=O) groups is 1. The first-order valence-corrected chi connectivity index (χ1v) is 6.24. The van der Waals surface area contributed by atoms with Gasteiger partial charge in [-0.15, -0.1) is 0 Å². The van der Waals surface area contributed by atoms with E-state index >= 15 is 0 Å². The lowest BCUT2D eigenvalue weighted by molar-refractivity contribution is 0.0948. The van der Waals surface area contributed by atoms with E-state index in [9.17, 15) is 4.79 Å². The number of hydrogen-bond donors (Lipinski definition) is 2. The summed E-state index contributed by atoms with van der Waals surface area (Å²) >= 11 is 4.84. The van der Waals surface area contributed by atoms with Gasteiger partial charge in [0.15, 0.2) is 0 Å². The maximum Gasteiger partial charge on any atom is 0.251 e. The SMILES string of the molecule is NC(=S)Cc1ccc(C(=O)NCc2ccco2)cc1. The van der Waals surface area contributed by atoms with Crippen molar-refractivity contribution in [2.75, 3.05) is 0 Å². The highest BCUT2D eigenvalue weighted by Gasteiger charge is 2.06. The van der Waals surface area contributed by atoms with Crippen LogP contribution in [0.25, 0.3) is 0 Å². The van der Waals surface area contributed by atoms with E-state index in [1.807, 2.05) is 18.2 Å². The van der Waals surface area contributed by atoms with Crippen LogP contribution in [-0.4, -0.2) is 10.9 Å². The zero-order valence-corrected chi connectivity index (χ0v) is 11.1. The summed E-state index contributed by atoms with van der Waals surface area (Å²) in [5.74, 6) is 0.580. The number of thiocarbonyl (C=S) groups is 1. The summed E-state index contributed by atoms with van der Waals surface area (Å²) in [5.41, 5.74) is 7.06. The third-order valence-corrected chi connectivity index (χ3v) is 2.74. The molecular formula is C14H14N2O2S. The fourth-order valence-corrected chi connectivity index (χ4v) is 1.82. The Kier molecular flexibility index (Phi) is 4.30. The fourth-order valence-electron chi connectivity index (χ4n) is 1.66. The topological polar surface area (TPSA) is 68.3 Å². The second kappa shape index (κ2) is 6.15. The minimum Gasteiger partial charge on any atom is -0.467 e. The Morgan fingerprint density at radius 1 is 1.26 bits per heavy atom. The summed E-state index contributed by atoms with van der Waals surface area (Å²) in [6.07, 6.45) is 2.12. The van der Waals surface area contributed by atoms with Gasteiger partial charge < -0.3 is 15.5 Å². The summed E-state index contributed by atoms with van der Waals surface area (Å²) < 4.78 is 5.14. The quantitative estimate of drug-likeness (QED) is 0.819. The van der Waals surface area contributed by atoms with Gasteiger partial charge in [0.2, 0.25) is 0 Å². The number of carbonyl (C=O) groups excluding carboxylic acids is 1. The average molecular weight is 274 g/mol. The molecule has 0 spiro atoms. The highest BCUT2D eigenvalue weighted by molar-refractivity contribution is 7.80. The van der Waals surface area contributed by atoms with Gasteiger partial charge in [0.25, 0.3) is 5.91 Å². The summed E-state index contributed by atoms with van der Waals surface area (Å²) in [5, 5.41) is 2.78. The smallest absolute Gasteiger partial charge is 0.251 e. The van der Waals surface area contributed by atoms with Gasteiger partial charge in [0.1, 0.15) is 5.76 Å². The standard InChI is InChI=1S/C14H14N2O2S/c15-13(19)8-10-3-5-11(6-4-10)14(17)16-9-12-2-1-7-18-12/h1-7H,8-9H2,(H2,15,19)(H,16,17). The normalized spacial score (nSPS) is 10.1. The number of nitrogens with two attached hydrogens (primary N) is 1. The molecule has 98 valence electrons. The minimum absolute atomic E-state index is 0.140. The molecule has 5 heteroatoms. The molecule has 0 fully saturated rings. The van der Waals surface area contributed by atoms with Crippen LogP contribution >= 0.6 is 12.2 Å². The van der Waals surface area contributed by atoms with Gasteiger partial charge in [-0.2, -0.15) is 0 Å². The first-order chi connectivity index (χ1) is 9.15. The van der Waals surface area contributed by atoms with Crippen molar-refractivity contribution in [2.45, 2.75) is 13.0 Å². The maximum atomic E-state index is 11.9. The molecule has 1 amide bonds. The Bertz CT molecular complexity index is 562. The van der Waals surface area contributed by atoms with Crippen LogP contribution in [0.5, 0.6) is 0 Å². The lowest BCUT2D eigenvalue weighted by atomic mass is 10.1. The van der Waals surface area contributed by atoms with Crippen LogP contribution in [0.3, 0.4) is 0 Å². The molecule has 1 heterocycles.